The van der Waals surface area contributed by atoms with Crippen molar-refractivity contribution in [2.75, 3.05) is 13.6 Å². The summed E-state index contributed by atoms with van der Waals surface area (Å²) in [5, 5.41) is 3.48. The fourth-order valence-electron chi connectivity index (χ4n) is 2.77. The van der Waals surface area contributed by atoms with Gasteiger partial charge in [0.25, 0.3) is 0 Å². The number of benzene rings is 1. The number of aryl methyl sites for hydroxylation is 1. The van der Waals surface area contributed by atoms with Crippen LogP contribution in [0.5, 0.6) is 0 Å². The van der Waals surface area contributed by atoms with Crippen LogP contribution in [0.15, 0.2) is 12.1 Å². The van der Waals surface area contributed by atoms with Gasteiger partial charge in [0.15, 0.2) is 0 Å². The van der Waals surface area contributed by atoms with Crippen LogP contribution in [0, 0.1) is 26.2 Å². The summed E-state index contributed by atoms with van der Waals surface area (Å²) in [7, 11) is 2.04. The van der Waals surface area contributed by atoms with Crippen molar-refractivity contribution in [3.8, 4) is 0 Å². The molecule has 1 rings (SSSR count). The van der Waals surface area contributed by atoms with Gasteiger partial charge < -0.3 is 11.1 Å². The molecule has 2 nitrogen and oxygen atoms in total. The van der Waals surface area contributed by atoms with Gasteiger partial charge in [-0.3, -0.25) is 0 Å². The van der Waals surface area contributed by atoms with Gasteiger partial charge in [0.05, 0.1) is 0 Å². The lowest BCUT2D eigenvalue weighted by atomic mass is 9.76. The first kappa shape index (κ1) is 15.2. The van der Waals surface area contributed by atoms with Gasteiger partial charge in [-0.05, 0) is 68.5 Å². The minimum absolute atomic E-state index is 0.163. The molecule has 3 N–H and O–H groups in total. The van der Waals surface area contributed by atoms with Gasteiger partial charge >= 0.3 is 0 Å². The molecular formula is C16H28N2. The molecule has 1 atom stereocenters. The molecule has 0 aliphatic carbocycles. The summed E-state index contributed by atoms with van der Waals surface area (Å²) in [5.74, 6) is 0. The average molecular weight is 248 g/mol. The first-order valence-corrected chi connectivity index (χ1v) is 6.79. The molecule has 0 spiro atoms. The van der Waals surface area contributed by atoms with Crippen LogP contribution >= 0.6 is 0 Å². The molecule has 2 heteroatoms. The Bertz CT molecular complexity index is 408. The standard InChI is InChI=1S/C16H28N2/c1-11-7-8-14(13(3)12(11)2)15(18-6)16(4,5)9-10-17/h7-8,15,18H,9-10,17H2,1-6H3. The van der Waals surface area contributed by atoms with Gasteiger partial charge in [-0.2, -0.15) is 0 Å². The molecule has 102 valence electrons. The van der Waals surface area contributed by atoms with E-state index in [0.717, 1.165) is 13.0 Å². The Balaban J connectivity index is 3.22. The van der Waals surface area contributed by atoms with Crippen LogP contribution in [0.4, 0.5) is 0 Å². The molecule has 0 saturated heterocycles. The zero-order valence-corrected chi connectivity index (χ0v) is 12.7. The van der Waals surface area contributed by atoms with Gasteiger partial charge in [0, 0.05) is 6.04 Å². The van der Waals surface area contributed by atoms with Crippen LogP contribution in [0.2, 0.25) is 0 Å². The van der Waals surface area contributed by atoms with Crippen molar-refractivity contribution in [2.24, 2.45) is 11.1 Å². The lowest BCUT2D eigenvalue weighted by Crippen LogP contribution is -2.34. The van der Waals surface area contributed by atoms with Crippen LogP contribution in [-0.4, -0.2) is 13.6 Å². The molecule has 0 radical (unpaired) electrons. The smallest absolute Gasteiger partial charge is 0.0372 e. The van der Waals surface area contributed by atoms with E-state index < -0.39 is 0 Å². The Morgan fingerprint density at radius 2 is 1.78 bits per heavy atom. The maximum atomic E-state index is 5.75. The summed E-state index contributed by atoms with van der Waals surface area (Å²) < 4.78 is 0. The summed E-state index contributed by atoms with van der Waals surface area (Å²) >= 11 is 0. The molecule has 1 unspecified atom stereocenters. The Kier molecular flexibility index (Phi) is 4.94. The zero-order chi connectivity index (χ0) is 13.9. The van der Waals surface area contributed by atoms with Gasteiger partial charge in [-0.15, -0.1) is 0 Å². The van der Waals surface area contributed by atoms with E-state index >= 15 is 0 Å². The molecule has 1 aromatic rings. The van der Waals surface area contributed by atoms with E-state index in [0.29, 0.717) is 6.04 Å². The van der Waals surface area contributed by atoms with Crippen molar-refractivity contribution in [1.82, 2.24) is 5.32 Å². The molecule has 1 aromatic carbocycles. The molecule has 0 bridgehead atoms. The Morgan fingerprint density at radius 1 is 1.17 bits per heavy atom. The summed E-state index contributed by atoms with van der Waals surface area (Å²) in [6, 6.07) is 4.83. The third-order valence-corrected chi connectivity index (χ3v) is 4.27. The minimum atomic E-state index is 0.163. The predicted octanol–water partition coefficient (Wildman–Crippen LogP) is 3.25. The van der Waals surface area contributed by atoms with E-state index in [4.69, 9.17) is 5.73 Å². The first-order chi connectivity index (χ1) is 8.35. The summed E-state index contributed by atoms with van der Waals surface area (Å²) in [6.07, 6.45) is 1.02. The van der Waals surface area contributed by atoms with Gasteiger partial charge in [-0.1, -0.05) is 26.0 Å². The molecular weight excluding hydrogens is 220 g/mol. The normalized spacial score (nSPS) is 13.7. The number of hydrogen-bond acceptors (Lipinski definition) is 2. The highest BCUT2D eigenvalue weighted by atomic mass is 14.9. The Labute approximate surface area is 112 Å². The van der Waals surface area contributed by atoms with Crippen molar-refractivity contribution in [2.45, 2.75) is 47.1 Å². The number of rotatable bonds is 5. The molecule has 18 heavy (non-hydrogen) atoms. The minimum Gasteiger partial charge on any atom is -0.330 e. The van der Waals surface area contributed by atoms with E-state index in [1.165, 1.54) is 22.3 Å². The molecule has 0 fully saturated rings. The maximum Gasteiger partial charge on any atom is 0.0372 e. The van der Waals surface area contributed by atoms with Crippen molar-refractivity contribution in [3.05, 3.63) is 34.4 Å². The predicted molar refractivity (Wildman–Crippen MR) is 79.9 cm³/mol. The fraction of sp³-hybridized carbons (Fsp3) is 0.625. The molecule has 0 amide bonds. The van der Waals surface area contributed by atoms with Crippen LogP contribution in [0.1, 0.15) is 48.6 Å². The van der Waals surface area contributed by atoms with Crippen molar-refractivity contribution in [3.63, 3.8) is 0 Å². The van der Waals surface area contributed by atoms with Gasteiger partial charge in [0.1, 0.15) is 0 Å². The van der Waals surface area contributed by atoms with Crippen molar-refractivity contribution >= 4 is 0 Å². The molecule has 0 saturated carbocycles. The summed E-state index contributed by atoms with van der Waals surface area (Å²) in [6.45, 7) is 11.9. The Morgan fingerprint density at radius 3 is 2.28 bits per heavy atom. The first-order valence-electron chi connectivity index (χ1n) is 6.79. The molecule has 0 heterocycles. The van der Waals surface area contributed by atoms with Crippen LogP contribution in [0.25, 0.3) is 0 Å². The second-order valence-electron chi connectivity index (χ2n) is 5.97. The van der Waals surface area contributed by atoms with E-state index in [1.807, 2.05) is 7.05 Å². The highest BCUT2D eigenvalue weighted by Crippen LogP contribution is 2.38. The molecule has 0 aromatic heterocycles. The lowest BCUT2D eigenvalue weighted by Gasteiger charge is -2.36. The quantitative estimate of drug-likeness (QED) is 0.839. The highest BCUT2D eigenvalue weighted by Gasteiger charge is 2.30. The second kappa shape index (κ2) is 5.85. The van der Waals surface area contributed by atoms with Crippen molar-refractivity contribution in [1.29, 1.82) is 0 Å². The van der Waals surface area contributed by atoms with Crippen molar-refractivity contribution < 1.29 is 0 Å². The number of hydrogen-bond donors (Lipinski definition) is 2. The fourth-order valence-corrected chi connectivity index (χ4v) is 2.77. The summed E-state index contributed by atoms with van der Waals surface area (Å²) in [4.78, 5) is 0. The van der Waals surface area contributed by atoms with Crippen LogP contribution in [-0.2, 0) is 0 Å². The monoisotopic (exact) mass is 248 g/mol. The topological polar surface area (TPSA) is 38.0 Å². The van der Waals surface area contributed by atoms with Gasteiger partial charge in [0.2, 0.25) is 0 Å². The third-order valence-electron chi connectivity index (χ3n) is 4.27. The van der Waals surface area contributed by atoms with E-state index in [9.17, 15) is 0 Å². The number of nitrogens with two attached hydrogens (primary N) is 1. The zero-order valence-electron chi connectivity index (χ0n) is 12.7. The SMILES string of the molecule is CNC(c1ccc(C)c(C)c1C)C(C)(C)CCN. The maximum absolute atomic E-state index is 5.75. The van der Waals surface area contributed by atoms with Crippen LogP contribution in [0.3, 0.4) is 0 Å². The molecule has 0 aliphatic heterocycles. The summed E-state index contributed by atoms with van der Waals surface area (Å²) in [5.41, 5.74) is 11.5. The molecule has 0 aliphatic rings. The lowest BCUT2D eigenvalue weighted by molar-refractivity contribution is 0.238. The average Bonchev–Trinajstić information content (AvgIpc) is 2.29. The van der Waals surface area contributed by atoms with E-state index in [1.54, 1.807) is 0 Å². The van der Waals surface area contributed by atoms with E-state index in [2.05, 4.69) is 52.1 Å². The van der Waals surface area contributed by atoms with Gasteiger partial charge in [-0.25, -0.2) is 0 Å². The van der Waals surface area contributed by atoms with Crippen LogP contribution < -0.4 is 11.1 Å². The largest absolute Gasteiger partial charge is 0.330 e. The number of nitrogens with one attached hydrogen (secondary N) is 1. The highest BCUT2D eigenvalue weighted by molar-refractivity contribution is 5.41. The Hall–Kier alpha value is -0.860. The third kappa shape index (κ3) is 2.93. The second-order valence-corrected chi connectivity index (χ2v) is 5.97. The van der Waals surface area contributed by atoms with E-state index in [-0.39, 0.29) is 5.41 Å².